The lowest BCUT2D eigenvalue weighted by atomic mass is 10.0. The highest BCUT2D eigenvalue weighted by Crippen LogP contribution is 2.37. The minimum Gasteiger partial charge on any atom is -0.494 e. The molecule has 1 aliphatic rings. The Labute approximate surface area is 162 Å². The Balaban J connectivity index is 1.90. The molecule has 144 valence electrons. The lowest BCUT2D eigenvalue weighted by Crippen LogP contribution is -2.27. The molecule has 0 radical (unpaired) electrons. The molecule has 0 spiro atoms. The molecule has 3 rings (SSSR count). The molecule has 1 amide bonds. The molecule has 1 fully saturated rings. The monoisotopic (exact) mass is 389 g/mol. The Kier molecular flexibility index (Phi) is 6.47. The Bertz CT molecular complexity index is 793. The predicted octanol–water partition coefficient (Wildman–Crippen LogP) is 4.11. The highest BCUT2D eigenvalue weighted by atomic mass is 32.1. The van der Waals surface area contributed by atoms with Gasteiger partial charge in [0.05, 0.1) is 13.2 Å². The van der Waals surface area contributed by atoms with Crippen molar-refractivity contribution in [3.63, 3.8) is 0 Å². The number of hydrogen-bond donors (Lipinski definition) is 1. The molecule has 1 aromatic heterocycles. The first-order valence-electron chi connectivity index (χ1n) is 9.08. The molecule has 7 heteroatoms. The van der Waals surface area contributed by atoms with Crippen LogP contribution in [0, 0.1) is 0 Å². The van der Waals surface area contributed by atoms with Crippen molar-refractivity contribution in [3.8, 4) is 16.9 Å². The maximum atomic E-state index is 12.6. The molecule has 1 N–H and O–H groups in total. The fourth-order valence-corrected chi connectivity index (χ4v) is 3.90. The highest BCUT2D eigenvalue weighted by molar-refractivity contribution is 7.15. The van der Waals surface area contributed by atoms with E-state index in [1.165, 1.54) is 11.3 Å². The van der Waals surface area contributed by atoms with Crippen molar-refractivity contribution in [1.82, 2.24) is 0 Å². The molecule has 0 bridgehead atoms. The van der Waals surface area contributed by atoms with E-state index in [4.69, 9.17) is 14.2 Å². The summed E-state index contributed by atoms with van der Waals surface area (Å²) >= 11 is 1.31. The SMILES string of the molecule is CCOC(=O)c1c(-c2ccc(OCC)cc2)csc1NC(=O)[C@H]1CCCO1. The average molecular weight is 389 g/mol. The largest absolute Gasteiger partial charge is 0.494 e. The first-order chi connectivity index (χ1) is 13.1. The van der Waals surface area contributed by atoms with Gasteiger partial charge < -0.3 is 19.5 Å². The summed E-state index contributed by atoms with van der Waals surface area (Å²) < 4.78 is 16.1. The number of carbonyl (C=O) groups excluding carboxylic acids is 2. The van der Waals surface area contributed by atoms with E-state index in [0.29, 0.717) is 30.2 Å². The van der Waals surface area contributed by atoms with Gasteiger partial charge in [-0.2, -0.15) is 0 Å². The molecule has 0 aliphatic carbocycles. The smallest absolute Gasteiger partial charge is 0.341 e. The Morgan fingerprint density at radius 2 is 2.00 bits per heavy atom. The van der Waals surface area contributed by atoms with Gasteiger partial charge in [-0.1, -0.05) is 12.1 Å². The van der Waals surface area contributed by atoms with E-state index in [0.717, 1.165) is 23.3 Å². The molecule has 0 unspecified atom stereocenters. The van der Waals surface area contributed by atoms with Crippen LogP contribution in [-0.4, -0.2) is 37.8 Å². The molecule has 1 aromatic carbocycles. The summed E-state index contributed by atoms with van der Waals surface area (Å²) in [5.41, 5.74) is 1.96. The van der Waals surface area contributed by atoms with Crippen LogP contribution in [0.3, 0.4) is 0 Å². The van der Waals surface area contributed by atoms with Gasteiger partial charge in [0.1, 0.15) is 22.4 Å². The van der Waals surface area contributed by atoms with E-state index in [9.17, 15) is 9.59 Å². The number of rotatable bonds is 7. The maximum Gasteiger partial charge on any atom is 0.341 e. The second kappa shape index (κ2) is 9.01. The number of thiophene rings is 1. The lowest BCUT2D eigenvalue weighted by Gasteiger charge is -2.12. The minimum absolute atomic E-state index is 0.224. The Morgan fingerprint density at radius 1 is 1.22 bits per heavy atom. The van der Waals surface area contributed by atoms with Crippen LogP contribution in [0.2, 0.25) is 0 Å². The zero-order chi connectivity index (χ0) is 19.2. The van der Waals surface area contributed by atoms with Crippen molar-refractivity contribution in [3.05, 3.63) is 35.2 Å². The average Bonchev–Trinajstić information content (AvgIpc) is 3.33. The van der Waals surface area contributed by atoms with Crippen LogP contribution in [0.4, 0.5) is 5.00 Å². The molecular formula is C20H23NO5S. The van der Waals surface area contributed by atoms with Gasteiger partial charge in [0, 0.05) is 17.6 Å². The molecule has 1 saturated heterocycles. The fraction of sp³-hybridized carbons (Fsp3) is 0.400. The first kappa shape index (κ1) is 19.4. The van der Waals surface area contributed by atoms with Crippen LogP contribution < -0.4 is 10.1 Å². The van der Waals surface area contributed by atoms with Gasteiger partial charge in [0.2, 0.25) is 0 Å². The van der Waals surface area contributed by atoms with Crippen LogP contribution in [0.25, 0.3) is 11.1 Å². The van der Waals surface area contributed by atoms with Crippen molar-refractivity contribution < 1.29 is 23.8 Å². The molecule has 1 atom stereocenters. The summed E-state index contributed by atoms with van der Waals surface area (Å²) in [5, 5.41) is 5.18. The summed E-state index contributed by atoms with van der Waals surface area (Å²) in [6.07, 6.45) is 1.10. The minimum atomic E-state index is -0.462. The molecule has 27 heavy (non-hydrogen) atoms. The third kappa shape index (κ3) is 4.48. The summed E-state index contributed by atoms with van der Waals surface area (Å²) in [6.45, 7) is 5.12. The number of esters is 1. The van der Waals surface area contributed by atoms with E-state index in [1.54, 1.807) is 6.92 Å². The van der Waals surface area contributed by atoms with Gasteiger partial charge in [-0.25, -0.2) is 4.79 Å². The lowest BCUT2D eigenvalue weighted by molar-refractivity contribution is -0.124. The van der Waals surface area contributed by atoms with Crippen LogP contribution in [0.5, 0.6) is 5.75 Å². The molecule has 2 heterocycles. The predicted molar refractivity (Wildman–Crippen MR) is 104 cm³/mol. The number of hydrogen-bond acceptors (Lipinski definition) is 6. The van der Waals surface area contributed by atoms with Gasteiger partial charge in [-0.05, 0) is 44.4 Å². The number of nitrogens with one attached hydrogen (secondary N) is 1. The van der Waals surface area contributed by atoms with Crippen molar-refractivity contribution in [2.45, 2.75) is 32.8 Å². The molecule has 6 nitrogen and oxygen atoms in total. The first-order valence-corrected chi connectivity index (χ1v) is 9.96. The summed E-state index contributed by atoms with van der Waals surface area (Å²) in [4.78, 5) is 25.0. The van der Waals surface area contributed by atoms with Gasteiger partial charge in [-0.3, -0.25) is 4.79 Å². The fourth-order valence-electron chi connectivity index (χ4n) is 2.94. The van der Waals surface area contributed by atoms with E-state index in [-0.39, 0.29) is 12.5 Å². The normalized spacial score (nSPS) is 16.1. The second-order valence-corrected chi connectivity index (χ2v) is 6.90. The van der Waals surface area contributed by atoms with Crippen molar-refractivity contribution in [1.29, 1.82) is 0 Å². The van der Waals surface area contributed by atoms with E-state index in [2.05, 4.69) is 5.32 Å². The number of benzene rings is 1. The second-order valence-electron chi connectivity index (χ2n) is 6.02. The van der Waals surface area contributed by atoms with E-state index >= 15 is 0 Å². The van der Waals surface area contributed by atoms with Crippen molar-refractivity contribution in [2.24, 2.45) is 0 Å². The number of carbonyl (C=O) groups is 2. The molecular weight excluding hydrogens is 366 g/mol. The van der Waals surface area contributed by atoms with Gasteiger partial charge >= 0.3 is 5.97 Å². The van der Waals surface area contributed by atoms with Gasteiger partial charge in [0.25, 0.3) is 5.91 Å². The quantitative estimate of drug-likeness (QED) is 0.722. The summed E-state index contributed by atoms with van der Waals surface area (Å²) in [6, 6.07) is 7.50. The van der Waals surface area contributed by atoms with Crippen LogP contribution in [0.15, 0.2) is 29.6 Å². The zero-order valence-corrected chi connectivity index (χ0v) is 16.3. The number of amides is 1. The third-order valence-electron chi connectivity index (χ3n) is 4.21. The summed E-state index contributed by atoms with van der Waals surface area (Å²) in [7, 11) is 0. The molecule has 2 aromatic rings. The van der Waals surface area contributed by atoms with E-state index in [1.807, 2.05) is 36.6 Å². The summed E-state index contributed by atoms with van der Waals surface area (Å²) in [5.74, 6) is 0.0875. The van der Waals surface area contributed by atoms with E-state index < -0.39 is 12.1 Å². The van der Waals surface area contributed by atoms with Crippen molar-refractivity contribution >= 4 is 28.2 Å². The van der Waals surface area contributed by atoms with Gasteiger partial charge in [-0.15, -0.1) is 11.3 Å². The maximum absolute atomic E-state index is 12.6. The Morgan fingerprint density at radius 3 is 2.63 bits per heavy atom. The van der Waals surface area contributed by atoms with Crippen LogP contribution >= 0.6 is 11.3 Å². The van der Waals surface area contributed by atoms with Crippen LogP contribution in [0.1, 0.15) is 37.0 Å². The Hall–Kier alpha value is -2.38. The molecule has 0 saturated carbocycles. The molecule has 1 aliphatic heterocycles. The highest BCUT2D eigenvalue weighted by Gasteiger charge is 2.27. The third-order valence-corrected chi connectivity index (χ3v) is 5.10. The van der Waals surface area contributed by atoms with Crippen LogP contribution in [-0.2, 0) is 14.3 Å². The van der Waals surface area contributed by atoms with Crippen molar-refractivity contribution in [2.75, 3.05) is 25.1 Å². The number of ether oxygens (including phenoxy) is 3. The standard InChI is InChI=1S/C20H23NO5S/c1-3-24-14-9-7-13(8-10-14)15-12-27-19(17(15)20(23)25-4-2)21-18(22)16-6-5-11-26-16/h7-10,12,16H,3-6,11H2,1-2H3,(H,21,22)/t16-/m1/s1. The van der Waals surface area contributed by atoms with Gasteiger partial charge in [0.15, 0.2) is 0 Å². The number of anilines is 1. The topological polar surface area (TPSA) is 73.9 Å². The zero-order valence-electron chi connectivity index (χ0n) is 15.4.